The molecule has 1 saturated heterocycles. The second-order valence-corrected chi connectivity index (χ2v) is 8.08. The summed E-state index contributed by atoms with van der Waals surface area (Å²) in [6.45, 7) is 6.50. The summed E-state index contributed by atoms with van der Waals surface area (Å²) >= 11 is 0. The first kappa shape index (κ1) is 23.6. The molecule has 1 aliphatic rings. The lowest BCUT2D eigenvalue weighted by Gasteiger charge is -2.26. The monoisotopic (exact) mass is 466 g/mol. The minimum absolute atomic E-state index is 0.0846. The van der Waals surface area contributed by atoms with Crippen LogP contribution in [0.2, 0.25) is 0 Å². The van der Waals surface area contributed by atoms with Gasteiger partial charge in [0.2, 0.25) is 0 Å². The van der Waals surface area contributed by atoms with Gasteiger partial charge in [-0.25, -0.2) is 19.4 Å². The Hall–Kier alpha value is -3.53. The summed E-state index contributed by atoms with van der Waals surface area (Å²) in [6.07, 6.45) is 4.35. The van der Waals surface area contributed by atoms with Gasteiger partial charge in [-0.3, -0.25) is 4.79 Å². The van der Waals surface area contributed by atoms with Crippen LogP contribution in [0.1, 0.15) is 58.9 Å². The minimum atomic E-state index is -0.589. The van der Waals surface area contributed by atoms with Crippen molar-refractivity contribution >= 4 is 28.6 Å². The number of ether oxygens (including phenoxy) is 2. The number of nitrogens with one attached hydrogen (secondary N) is 2. The number of esters is 1. The summed E-state index contributed by atoms with van der Waals surface area (Å²) in [6, 6.07) is 4.95. The Labute approximate surface area is 198 Å². The van der Waals surface area contributed by atoms with E-state index < -0.39 is 5.97 Å². The lowest BCUT2D eigenvalue weighted by molar-refractivity contribution is 0.0594. The third-order valence-corrected chi connectivity index (χ3v) is 5.98. The van der Waals surface area contributed by atoms with Gasteiger partial charge < -0.3 is 20.1 Å². The first-order valence-corrected chi connectivity index (χ1v) is 11.6. The molecule has 1 aliphatic heterocycles. The molecule has 4 heterocycles. The van der Waals surface area contributed by atoms with Crippen molar-refractivity contribution in [3.05, 3.63) is 47.0 Å². The minimum Gasteiger partial charge on any atom is -0.464 e. The zero-order valence-electron chi connectivity index (χ0n) is 19.8. The standard InChI is InChI=1S/C24H30N6O4/c1-4-18-16(13-25-23(31)19-7-6-8-20(28-19)24(32)33-3)21(27-15-9-11-34-12-10-15)17-14-26-30(5-2)22(17)29-18/h6-8,14-15H,4-5,9-13H2,1-3H3,(H,25,31)(H,27,29). The molecule has 180 valence electrons. The van der Waals surface area contributed by atoms with Crippen molar-refractivity contribution < 1.29 is 19.1 Å². The summed E-state index contributed by atoms with van der Waals surface area (Å²) in [5, 5.41) is 12.1. The second kappa shape index (κ2) is 10.6. The SMILES string of the molecule is CCc1nc2c(cnn2CC)c(NC2CCOCC2)c1CNC(=O)c1cccc(C(=O)OC)n1. The van der Waals surface area contributed by atoms with Crippen LogP contribution in [0.3, 0.4) is 0 Å². The number of aryl methyl sites for hydroxylation is 2. The highest BCUT2D eigenvalue weighted by atomic mass is 16.5. The normalized spacial score (nSPS) is 14.2. The average molecular weight is 467 g/mol. The van der Waals surface area contributed by atoms with Gasteiger partial charge in [0.15, 0.2) is 5.65 Å². The van der Waals surface area contributed by atoms with Crippen LogP contribution >= 0.6 is 0 Å². The fraction of sp³-hybridized carbons (Fsp3) is 0.458. The van der Waals surface area contributed by atoms with Gasteiger partial charge in [0.1, 0.15) is 11.4 Å². The molecule has 4 rings (SSSR count). The number of amides is 1. The van der Waals surface area contributed by atoms with Crippen LogP contribution in [-0.2, 0) is 29.0 Å². The Morgan fingerprint density at radius 2 is 1.94 bits per heavy atom. The van der Waals surface area contributed by atoms with E-state index in [4.69, 9.17) is 14.5 Å². The highest BCUT2D eigenvalue weighted by Gasteiger charge is 2.22. The molecule has 3 aromatic rings. The Balaban J connectivity index is 1.66. The number of pyridine rings is 2. The first-order chi connectivity index (χ1) is 16.5. The van der Waals surface area contributed by atoms with Gasteiger partial charge in [0.05, 0.1) is 24.4 Å². The molecule has 0 radical (unpaired) electrons. The molecule has 0 saturated carbocycles. The molecule has 10 heteroatoms. The third-order valence-electron chi connectivity index (χ3n) is 5.98. The van der Waals surface area contributed by atoms with Crippen molar-refractivity contribution in [3.63, 3.8) is 0 Å². The predicted molar refractivity (Wildman–Crippen MR) is 127 cm³/mol. The summed E-state index contributed by atoms with van der Waals surface area (Å²) < 4.78 is 12.1. The molecule has 2 N–H and O–H groups in total. The van der Waals surface area contributed by atoms with Crippen LogP contribution in [0.4, 0.5) is 5.69 Å². The van der Waals surface area contributed by atoms with Gasteiger partial charge in [-0.05, 0) is 38.3 Å². The number of fused-ring (bicyclic) bond motifs is 1. The highest BCUT2D eigenvalue weighted by Crippen LogP contribution is 2.31. The lowest BCUT2D eigenvalue weighted by atomic mass is 10.0. The van der Waals surface area contributed by atoms with E-state index in [1.807, 2.05) is 24.7 Å². The first-order valence-electron chi connectivity index (χ1n) is 11.6. The predicted octanol–water partition coefficient (Wildman–Crippen LogP) is 2.72. The molecule has 0 aromatic carbocycles. The largest absolute Gasteiger partial charge is 0.464 e. The molecule has 3 aromatic heterocycles. The Bertz CT molecular complexity index is 1190. The molecule has 0 aliphatic carbocycles. The number of methoxy groups -OCH3 is 1. The second-order valence-electron chi connectivity index (χ2n) is 8.08. The maximum absolute atomic E-state index is 12.9. The molecule has 1 fully saturated rings. The van der Waals surface area contributed by atoms with E-state index >= 15 is 0 Å². The number of hydrogen-bond acceptors (Lipinski definition) is 8. The maximum atomic E-state index is 12.9. The Kier molecular flexibility index (Phi) is 7.36. The number of hydrogen-bond donors (Lipinski definition) is 2. The van der Waals surface area contributed by atoms with Crippen molar-refractivity contribution in [2.45, 2.75) is 52.2 Å². The van der Waals surface area contributed by atoms with Gasteiger partial charge in [-0.2, -0.15) is 5.10 Å². The fourth-order valence-corrected chi connectivity index (χ4v) is 4.14. The summed E-state index contributed by atoms with van der Waals surface area (Å²) in [5.74, 6) is -0.970. The maximum Gasteiger partial charge on any atom is 0.356 e. The molecule has 0 spiro atoms. The van der Waals surface area contributed by atoms with Crippen LogP contribution in [0.15, 0.2) is 24.4 Å². The number of rotatable bonds is 8. The Morgan fingerprint density at radius 1 is 1.18 bits per heavy atom. The fourth-order valence-electron chi connectivity index (χ4n) is 4.14. The van der Waals surface area contributed by atoms with Crippen LogP contribution in [0.25, 0.3) is 11.0 Å². The molecule has 0 bridgehead atoms. The summed E-state index contributed by atoms with van der Waals surface area (Å²) in [5.41, 5.74) is 3.83. The van der Waals surface area contributed by atoms with Crippen molar-refractivity contribution in [2.24, 2.45) is 0 Å². The number of carbonyl (C=O) groups excluding carboxylic acids is 2. The molecular weight excluding hydrogens is 436 g/mol. The van der Waals surface area contributed by atoms with Crippen LogP contribution in [0.5, 0.6) is 0 Å². The topological polar surface area (TPSA) is 120 Å². The van der Waals surface area contributed by atoms with Crippen molar-refractivity contribution in [3.8, 4) is 0 Å². The van der Waals surface area contributed by atoms with E-state index in [9.17, 15) is 9.59 Å². The molecule has 1 amide bonds. The molecule has 0 atom stereocenters. The van der Waals surface area contributed by atoms with E-state index in [1.54, 1.807) is 12.1 Å². The zero-order valence-corrected chi connectivity index (χ0v) is 19.8. The molecular formula is C24H30N6O4. The molecule has 10 nitrogen and oxygen atoms in total. The number of anilines is 1. The smallest absolute Gasteiger partial charge is 0.356 e. The van der Waals surface area contributed by atoms with Crippen LogP contribution < -0.4 is 10.6 Å². The number of nitrogens with zero attached hydrogens (tertiary/aromatic N) is 4. The van der Waals surface area contributed by atoms with E-state index in [1.165, 1.54) is 13.2 Å². The number of aromatic nitrogens is 4. The van der Waals surface area contributed by atoms with E-state index in [2.05, 4.69) is 20.7 Å². The van der Waals surface area contributed by atoms with Gasteiger partial charge >= 0.3 is 5.97 Å². The van der Waals surface area contributed by atoms with Crippen molar-refractivity contribution in [1.29, 1.82) is 0 Å². The summed E-state index contributed by atoms with van der Waals surface area (Å²) in [7, 11) is 1.28. The Morgan fingerprint density at radius 3 is 2.65 bits per heavy atom. The number of carbonyl (C=O) groups is 2. The quantitative estimate of drug-likeness (QED) is 0.486. The average Bonchev–Trinajstić information content (AvgIpc) is 3.30. The van der Waals surface area contributed by atoms with E-state index in [0.29, 0.717) is 13.0 Å². The van der Waals surface area contributed by atoms with Crippen LogP contribution in [-0.4, -0.2) is 58.0 Å². The van der Waals surface area contributed by atoms with Crippen molar-refractivity contribution in [1.82, 2.24) is 25.1 Å². The lowest BCUT2D eigenvalue weighted by Crippen LogP contribution is -2.30. The van der Waals surface area contributed by atoms with Gasteiger partial charge in [-0.1, -0.05) is 13.0 Å². The van der Waals surface area contributed by atoms with Gasteiger partial charge in [0.25, 0.3) is 5.91 Å². The third kappa shape index (κ3) is 4.86. The van der Waals surface area contributed by atoms with E-state index in [0.717, 1.165) is 54.0 Å². The van der Waals surface area contributed by atoms with Crippen LogP contribution in [0, 0.1) is 0 Å². The molecule has 34 heavy (non-hydrogen) atoms. The van der Waals surface area contributed by atoms with Crippen molar-refractivity contribution in [2.75, 3.05) is 25.6 Å². The zero-order chi connectivity index (χ0) is 24.1. The molecule has 0 unspecified atom stereocenters. The summed E-state index contributed by atoms with van der Waals surface area (Å²) in [4.78, 5) is 33.7. The van der Waals surface area contributed by atoms with Gasteiger partial charge in [-0.15, -0.1) is 0 Å². The van der Waals surface area contributed by atoms with Gasteiger partial charge in [0, 0.05) is 43.6 Å². The highest BCUT2D eigenvalue weighted by molar-refractivity contribution is 5.95. The van der Waals surface area contributed by atoms with E-state index in [-0.39, 0.29) is 29.9 Å².